The van der Waals surface area contributed by atoms with E-state index in [0.717, 1.165) is 24.3 Å². The van der Waals surface area contributed by atoms with Crippen molar-refractivity contribution in [2.75, 3.05) is 11.5 Å². The Morgan fingerprint density at radius 3 is 1.02 bits per heavy atom. The van der Waals surface area contributed by atoms with Crippen LogP contribution >= 0.6 is 0 Å². The Bertz CT molecular complexity index is 2430. The molecule has 0 aliphatic heterocycles. The van der Waals surface area contributed by atoms with Crippen LogP contribution in [0.1, 0.15) is 22.3 Å². The zero-order chi connectivity index (χ0) is 43.3. The second-order valence-electron chi connectivity index (χ2n) is 12.8. The van der Waals surface area contributed by atoms with Gasteiger partial charge in [0.2, 0.25) is 9.84 Å². The number of hydrogen-bond acceptors (Lipinski definition) is 6. The van der Waals surface area contributed by atoms with E-state index in [9.17, 15) is 61.1 Å². The van der Waals surface area contributed by atoms with Crippen LogP contribution in [0.5, 0.6) is 23.0 Å². The molecule has 308 valence electrons. The van der Waals surface area contributed by atoms with E-state index in [2.05, 4.69) is 0 Å². The standard InChI is InChI=1S/C40H24F12N2O4S/c41-37(42,43)23-11-21(12-24(15-23)38(44,45)46)33-19-31(7-9-35(33)57-29-5-1-3-27(53)17-29)59(55,56)32-8-10-36(58-30-6-2-4-28(54)18-30)34(20-32)22-13-25(39(47,48)49)16-26(14-22)40(50,51)52/h1-20H,53-54H2. The van der Waals surface area contributed by atoms with Gasteiger partial charge in [0.15, 0.2) is 0 Å². The summed E-state index contributed by atoms with van der Waals surface area (Å²) in [5.41, 5.74) is 2.08. The van der Waals surface area contributed by atoms with E-state index in [-0.39, 0.29) is 35.0 Å². The molecule has 0 radical (unpaired) electrons. The third-order valence-electron chi connectivity index (χ3n) is 8.49. The first kappa shape index (κ1) is 42.2. The van der Waals surface area contributed by atoms with Crippen molar-refractivity contribution in [2.24, 2.45) is 0 Å². The number of benzene rings is 6. The van der Waals surface area contributed by atoms with Gasteiger partial charge in [-0.2, -0.15) is 52.7 Å². The Morgan fingerprint density at radius 2 is 0.729 bits per heavy atom. The molecule has 4 N–H and O–H groups in total. The third-order valence-corrected chi connectivity index (χ3v) is 10.2. The zero-order valence-corrected chi connectivity index (χ0v) is 30.1. The van der Waals surface area contributed by atoms with Gasteiger partial charge in [-0.1, -0.05) is 12.1 Å². The van der Waals surface area contributed by atoms with E-state index in [4.69, 9.17) is 20.9 Å². The number of hydrogen-bond donors (Lipinski definition) is 2. The van der Waals surface area contributed by atoms with Gasteiger partial charge < -0.3 is 20.9 Å². The molecule has 0 fully saturated rings. The third kappa shape index (κ3) is 9.51. The minimum absolute atomic E-state index is 0.0513. The lowest BCUT2D eigenvalue weighted by Gasteiger charge is -2.19. The first-order valence-electron chi connectivity index (χ1n) is 16.5. The molecule has 0 bridgehead atoms. The minimum atomic E-state index is -5.31. The van der Waals surface area contributed by atoms with Gasteiger partial charge in [0, 0.05) is 34.6 Å². The van der Waals surface area contributed by atoms with Crippen LogP contribution in [0, 0.1) is 0 Å². The molecule has 0 unspecified atom stereocenters. The lowest BCUT2D eigenvalue weighted by molar-refractivity contribution is -0.144. The van der Waals surface area contributed by atoms with Crippen molar-refractivity contribution in [3.05, 3.63) is 144 Å². The first-order valence-corrected chi connectivity index (χ1v) is 18.0. The van der Waals surface area contributed by atoms with Crippen LogP contribution in [-0.4, -0.2) is 8.42 Å². The highest BCUT2D eigenvalue weighted by Crippen LogP contribution is 2.45. The quantitative estimate of drug-likeness (QED) is 0.117. The zero-order valence-electron chi connectivity index (χ0n) is 29.3. The molecule has 0 atom stereocenters. The van der Waals surface area contributed by atoms with Crippen LogP contribution in [-0.2, 0) is 34.5 Å². The average Bonchev–Trinajstić information content (AvgIpc) is 3.13. The minimum Gasteiger partial charge on any atom is -0.457 e. The summed E-state index contributed by atoms with van der Waals surface area (Å²) in [5, 5.41) is 0. The summed E-state index contributed by atoms with van der Waals surface area (Å²) in [6.07, 6.45) is -21.2. The van der Waals surface area contributed by atoms with Crippen molar-refractivity contribution in [1.82, 2.24) is 0 Å². The van der Waals surface area contributed by atoms with E-state index in [1.54, 1.807) is 0 Å². The summed E-state index contributed by atoms with van der Waals surface area (Å²) < 4.78 is 207. The largest absolute Gasteiger partial charge is 0.457 e. The van der Waals surface area contributed by atoms with Crippen molar-refractivity contribution in [1.29, 1.82) is 0 Å². The Morgan fingerprint density at radius 1 is 0.407 bits per heavy atom. The molecule has 6 nitrogen and oxygen atoms in total. The number of nitrogens with two attached hydrogens (primary N) is 2. The molecule has 0 saturated heterocycles. The molecule has 0 saturated carbocycles. The van der Waals surface area contributed by atoms with Crippen LogP contribution in [0.2, 0.25) is 0 Å². The van der Waals surface area contributed by atoms with E-state index in [0.29, 0.717) is 36.4 Å². The molecule has 59 heavy (non-hydrogen) atoms. The van der Waals surface area contributed by atoms with Crippen LogP contribution in [0.15, 0.2) is 131 Å². The maximum atomic E-state index is 14.3. The fraction of sp³-hybridized carbons (Fsp3) is 0.100. The van der Waals surface area contributed by atoms with Crippen LogP contribution in [0.25, 0.3) is 22.3 Å². The summed E-state index contributed by atoms with van der Waals surface area (Å²) in [6.45, 7) is 0. The SMILES string of the molecule is Nc1cccc(Oc2ccc(S(=O)(=O)c3ccc(Oc4cccc(N)c4)c(-c4cc(C(F)(F)F)cc(C(F)(F)F)c4)c3)cc2-c2cc(C(F)(F)F)cc(C(F)(F)F)c2)c1. The number of sulfone groups is 1. The van der Waals surface area contributed by atoms with Gasteiger partial charge >= 0.3 is 24.7 Å². The fourth-order valence-electron chi connectivity index (χ4n) is 5.75. The highest BCUT2D eigenvalue weighted by atomic mass is 32.2. The second-order valence-corrected chi connectivity index (χ2v) is 14.7. The summed E-state index contributed by atoms with van der Waals surface area (Å²) in [7, 11) is -4.99. The van der Waals surface area contributed by atoms with Gasteiger partial charge in [-0.3, -0.25) is 0 Å². The highest BCUT2D eigenvalue weighted by molar-refractivity contribution is 7.91. The number of ether oxygens (including phenoxy) is 2. The van der Waals surface area contributed by atoms with Gasteiger partial charge in [-0.25, -0.2) is 8.42 Å². The maximum Gasteiger partial charge on any atom is 0.416 e. The van der Waals surface area contributed by atoms with Crippen molar-refractivity contribution >= 4 is 21.2 Å². The first-order chi connectivity index (χ1) is 27.3. The van der Waals surface area contributed by atoms with Crippen molar-refractivity contribution in [3.8, 4) is 45.3 Å². The number of halogens is 12. The number of rotatable bonds is 8. The number of anilines is 2. The van der Waals surface area contributed by atoms with E-state index in [1.807, 2.05) is 0 Å². The predicted octanol–water partition coefficient (Wildman–Crippen LogP) is 12.7. The van der Waals surface area contributed by atoms with Crippen LogP contribution in [0.3, 0.4) is 0 Å². The fourth-order valence-corrected chi connectivity index (χ4v) is 7.06. The topological polar surface area (TPSA) is 105 Å². The van der Waals surface area contributed by atoms with Crippen molar-refractivity contribution in [2.45, 2.75) is 34.5 Å². The molecule has 0 amide bonds. The van der Waals surface area contributed by atoms with Gasteiger partial charge in [0.1, 0.15) is 23.0 Å². The van der Waals surface area contributed by atoms with Crippen molar-refractivity contribution < 1.29 is 70.6 Å². The molecule has 6 aromatic carbocycles. The molecule has 19 heteroatoms. The summed E-state index contributed by atoms with van der Waals surface area (Å²) in [5.74, 6) is -0.969. The molecule has 6 rings (SSSR count). The van der Waals surface area contributed by atoms with E-state index in [1.165, 1.54) is 48.5 Å². The van der Waals surface area contributed by atoms with Gasteiger partial charge in [-0.15, -0.1) is 0 Å². The normalized spacial score (nSPS) is 12.7. The van der Waals surface area contributed by atoms with Crippen LogP contribution < -0.4 is 20.9 Å². The smallest absolute Gasteiger partial charge is 0.416 e. The van der Waals surface area contributed by atoms with E-state index >= 15 is 0 Å². The number of nitrogen functional groups attached to an aromatic ring is 2. The monoisotopic (exact) mass is 856 g/mol. The summed E-state index contributed by atoms with van der Waals surface area (Å²) in [4.78, 5) is -1.57. The number of alkyl halides is 12. The molecule has 0 aromatic heterocycles. The summed E-state index contributed by atoms with van der Waals surface area (Å²) >= 11 is 0. The van der Waals surface area contributed by atoms with Gasteiger partial charge in [0.25, 0.3) is 0 Å². The molecular weight excluding hydrogens is 832 g/mol. The Labute approximate surface area is 326 Å². The second kappa shape index (κ2) is 15.1. The average molecular weight is 857 g/mol. The molecule has 0 spiro atoms. The predicted molar refractivity (Wildman–Crippen MR) is 191 cm³/mol. The Hall–Kier alpha value is -6.37. The van der Waals surface area contributed by atoms with Gasteiger partial charge in [0.05, 0.1) is 32.0 Å². The lowest BCUT2D eigenvalue weighted by atomic mass is 9.98. The molecular formula is C40H24F12N2O4S. The summed E-state index contributed by atoms with van der Waals surface area (Å²) in [6, 6.07) is 17.0. The van der Waals surface area contributed by atoms with Gasteiger partial charge in [-0.05, 0) is 108 Å². The molecule has 0 aliphatic carbocycles. The molecule has 6 aromatic rings. The van der Waals surface area contributed by atoms with E-state index < -0.39 is 100 Å². The highest BCUT2D eigenvalue weighted by Gasteiger charge is 2.39. The van der Waals surface area contributed by atoms with Crippen LogP contribution in [0.4, 0.5) is 64.1 Å². The van der Waals surface area contributed by atoms with Crippen molar-refractivity contribution in [3.63, 3.8) is 0 Å². The Balaban J connectivity index is 1.58. The molecule has 0 heterocycles. The lowest BCUT2D eigenvalue weighted by Crippen LogP contribution is -2.11. The maximum absolute atomic E-state index is 14.3. The molecule has 0 aliphatic rings. The Kier molecular flexibility index (Phi) is 10.8.